The zero-order valence-electron chi connectivity index (χ0n) is 3.73. The van der Waals surface area contributed by atoms with E-state index in [1.54, 1.807) is 7.05 Å². The molecule has 6 heavy (non-hydrogen) atoms. The smallest absolute Gasteiger partial charge is 0.227 e. The number of amides is 1. The third kappa shape index (κ3) is 2.44. The molecule has 0 heterocycles. The fraction of sp³-hybridized carbons (Fsp3) is 0.667. The first kappa shape index (κ1) is 6.20. The summed E-state index contributed by atoms with van der Waals surface area (Å²) in [5, 5.41) is 0. The number of hydrogen-bond donors (Lipinski definition) is 0. The average Bonchev–Trinajstić information content (AvgIpc) is 1.36. The molecular formula is C3H6INO. The first-order valence-electron chi connectivity index (χ1n) is 1.54. The summed E-state index contributed by atoms with van der Waals surface area (Å²) in [7, 11) is 1.71. The molecule has 0 bridgehead atoms. The SMILES string of the molecule is CC(=O)N(C)I. The number of hydrogen-bond acceptors (Lipinski definition) is 1. The van der Waals surface area contributed by atoms with Gasteiger partial charge in [0.2, 0.25) is 5.91 Å². The Morgan fingerprint density at radius 1 is 1.83 bits per heavy atom. The third-order valence-corrected chi connectivity index (χ3v) is 1.11. The van der Waals surface area contributed by atoms with Crippen molar-refractivity contribution < 1.29 is 4.79 Å². The highest BCUT2D eigenvalue weighted by Gasteiger charge is 1.90. The van der Waals surface area contributed by atoms with Gasteiger partial charge in [-0.15, -0.1) is 0 Å². The Morgan fingerprint density at radius 3 is 2.00 bits per heavy atom. The van der Waals surface area contributed by atoms with E-state index in [4.69, 9.17) is 0 Å². The van der Waals surface area contributed by atoms with Gasteiger partial charge < -0.3 is 0 Å². The Bertz CT molecular complexity index is 61.8. The number of carbonyl (C=O) groups is 1. The van der Waals surface area contributed by atoms with Crippen LogP contribution in [0.4, 0.5) is 0 Å². The van der Waals surface area contributed by atoms with Gasteiger partial charge in [0, 0.05) is 14.0 Å². The predicted octanol–water partition coefficient (Wildman–Crippen LogP) is 0.815. The van der Waals surface area contributed by atoms with Crippen LogP contribution in [-0.2, 0) is 4.79 Å². The summed E-state index contributed by atoms with van der Waals surface area (Å²) in [4.78, 5) is 10.1. The van der Waals surface area contributed by atoms with Crippen molar-refractivity contribution in [3.63, 3.8) is 0 Å². The lowest BCUT2D eigenvalue weighted by Crippen LogP contribution is -2.09. The molecule has 0 unspecified atom stereocenters. The summed E-state index contributed by atoms with van der Waals surface area (Å²) in [6, 6.07) is 0. The average molecular weight is 199 g/mol. The predicted molar refractivity (Wildman–Crippen MR) is 32.5 cm³/mol. The van der Waals surface area contributed by atoms with Crippen LogP contribution in [0.5, 0.6) is 0 Å². The van der Waals surface area contributed by atoms with E-state index in [1.807, 2.05) is 22.9 Å². The van der Waals surface area contributed by atoms with Gasteiger partial charge in [0.25, 0.3) is 0 Å². The molecule has 0 aliphatic carbocycles. The van der Waals surface area contributed by atoms with Crippen LogP contribution in [0.25, 0.3) is 0 Å². The Hall–Kier alpha value is 0.200. The van der Waals surface area contributed by atoms with Gasteiger partial charge in [-0.05, 0) is 0 Å². The second-order valence-electron chi connectivity index (χ2n) is 0.996. The molecule has 0 N–H and O–H groups in total. The molecular weight excluding hydrogens is 193 g/mol. The van der Waals surface area contributed by atoms with Crippen molar-refractivity contribution >= 4 is 28.8 Å². The van der Waals surface area contributed by atoms with Crippen LogP contribution in [0.2, 0.25) is 0 Å². The van der Waals surface area contributed by atoms with Gasteiger partial charge in [-0.3, -0.25) is 7.91 Å². The van der Waals surface area contributed by atoms with Gasteiger partial charge in [-0.1, -0.05) is 0 Å². The molecule has 0 atom stereocenters. The van der Waals surface area contributed by atoms with Crippen molar-refractivity contribution in [3.8, 4) is 0 Å². The summed E-state index contributed by atoms with van der Waals surface area (Å²) >= 11 is 1.92. The van der Waals surface area contributed by atoms with E-state index in [2.05, 4.69) is 0 Å². The van der Waals surface area contributed by atoms with E-state index in [1.165, 1.54) is 10.0 Å². The molecule has 1 amide bonds. The van der Waals surface area contributed by atoms with Gasteiger partial charge in [0.05, 0.1) is 22.9 Å². The largest absolute Gasteiger partial charge is 0.288 e. The summed E-state index contributed by atoms with van der Waals surface area (Å²) in [6.45, 7) is 1.52. The summed E-state index contributed by atoms with van der Waals surface area (Å²) in [5.74, 6) is 0.0793. The number of rotatable bonds is 0. The minimum atomic E-state index is 0.0793. The van der Waals surface area contributed by atoms with Crippen LogP contribution in [0.1, 0.15) is 6.92 Å². The van der Waals surface area contributed by atoms with Gasteiger partial charge >= 0.3 is 0 Å². The lowest BCUT2D eigenvalue weighted by atomic mass is 10.7. The fourth-order valence-corrected chi connectivity index (χ4v) is 0. The van der Waals surface area contributed by atoms with Crippen LogP contribution >= 0.6 is 22.9 Å². The monoisotopic (exact) mass is 199 g/mol. The summed E-state index contributed by atoms with van der Waals surface area (Å²) in [6.07, 6.45) is 0. The maximum absolute atomic E-state index is 10.1. The molecule has 0 aromatic rings. The number of halogens is 1. The first-order valence-corrected chi connectivity index (χ1v) is 2.51. The van der Waals surface area contributed by atoms with Crippen LogP contribution in [-0.4, -0.2) is 16.1 Å². The summed E-state index contributed by atoms with van der Waals surface area (Å²) < 4.78 is 1.50. The van der Waals surface area contributed by atoms with Crippen molar-refractivity contribution in [3.05, 3.63) is 0 Å². The highest BCUT2D eigenvalue weighted by Crippen LogP contribution is 1.89. The molecule has 0 aliphatic heterocycles. The minimum absolute atomic E-state index is 0.0793. The standard InChI is InChI=1S/C3H6INO/c1-3(6)5(2)4/h1-2H3. The highest BCUT2D eigenvalue weighted by atomic mass is 127. The maximum Gasteiger partial charge on any atom is 0.227 e. The molecule has 0 spiro atoms. The molecule has 3 heteroatoms. The Kier molecular flexibility index (Phi) is 2.47. The van der Waals surface area contributed by atoms with Gasteiger partial charge in [-0.2, -0.15) is 0 Å². The molecule has 0 aromatic heterocycles. The first-order chi connectivity index (χ1) is 2.64. The van der Waals surface area contributed by atoms with Crippen LogP contribution in [0.3, 0.4) is 0 Å². The molecule has 0 saturated heterocycles. The molecule has 0 aliphatic rings. The molecule has 0 radical (unpaired) electrons. The van der Waals surface area contributed by atoms with E-state index in [9.17, 15) is 4.79 Å². The number of carbonyl (C=O) groups excluding carboxylic acids is 1. The van der Waals surface area contributed by atoms with Crippen molar-refractivity contribution in [2.45, 2.75) is 6.92 Å². The number of nitrogens with zero attached hydrogens (tertiary/aromatic N) is 1. The quantitative estimate of drug-likeness (QED) is 0.417. The van der Waals surface area contributed by atoms with Crippen molar-refractivity contribution in [2.75, 3.05) is 7.05 Å². The van der Waals surface area contributed by atoms with E-state index in [0.717, 1.165) is 0 Å². The van der Waals surface area contributed by atoms with Crippen LogP contribution in [0, 0.1) is 0 Å². The van der Waals surface area contributed by atoms with Crippen molar-refractivity contribution in [1.82, 2.24) is 3.11 Å². The lowest BCUT2D eigenvalue weighted by Gasteiger charge is -1.98. The van der Waals surface area contributed by atoms with E-state index in [-0.39, 0.29) is 5.91 Å². The van der Waals surface area contributed by atoms with E-state index >= 15 is 0 Å². The topological polar surface area (TPSA) is 20.3 Å². The van der Waals surface area contributed by atoms with E-state index in [0.29, 0.717) is 0 Å². The molecule has 0 aromatic carbocycles. The molecule has 2 nitrogen and oxygen atoms in total. The van der Waals surface area contributed by atoms with Crippen LogP contribution in [0.15, 0.2) is 0 Å². The maximum atomic E-state index is 10.1. The van der Waals surface area contributed by atoms with E-state index < -0.39 is 0 Å². The Labute approximate surface area is 51.0 Å². The van der Waals surface area contributed by atoms with Crippen LogP contribution < -0.4 is 0 Å². The van der Waals surface area contributed by atoms with Gasteiger partial charge in [0.1, 0.15) is 0 Å². The molecule has 0 rings (SSSR count). The van der Waals surface area contributed by atoms with Crippen molar-refractivity contribution in [2.24, 2.45) is 0 Å². The summed E-state index contributed by atoms with van der Waals surface area (Å²) in [5.41, 5.74) is 0. The normalized spacial score (nSPS) is 7.83. The zero-order valence-corrected chi connectivity index (χ0v) is 5.89. The molecule has 0 saturated carbocycles. The van der Waals surface area contributed by atoms with Crippen molar-refractivity contribution in [1.29, 1.82) is 0 Å². The third-order valence-electron chi connectivity index (χ3n) is 0.434. The second kappa shape index (κ2) is 2.39. The lowest BCUT2D eigenvalue weighted by molar-refractivity contribution is -0.122. The highest BCUT2D eigenvalue weighted by molar-refractivity contribution is 14.1. The molecule has 36 valence electrons. The second-order valence-corrected chi connectivity index (χ2v) is 2.44. The molecule has 0 fully saturated rings. The Morgan fingerprint density at radius 2 is 2.00 bits per heavy atom. The van der Waals surface area contributed by atoms with Gasteiger partial charge in [0.15, 0.2) is 0 Å². The minimum Gasteiger partial charge on any atom is -0.288 e. The zero-order chi connectivity index (χ0) is 5.15. The van der Waals surface area contributed by atoms with Gasteiger partial charge in [-0.25, -0.2) is 0 Å². The fourth-order valence-electron chi connectivity index (χ4n) is 0. The Balaban J connectivity index is 3.26.